The van der Waals surface area contributed by atoms with Crippen LogP contribution in [0.3, 0.4) is 0 Å². The number of benzene rings is 4. The van der Waals surface area contributed by atoms with E-state index in [1.807, 2.05) is 37.3 Å². The molecule has 0 aliphatic heterocycles. The van der Waals surface area contributed by atoms with Gasteiger partial charge in [0.2, 0.25) is 5.75 Å². The number of methoxy groups -OCH3 is 1. The van der Waals surface area contributed by atoms with Gasteiger partial charge >= 0.3 is 11.9 Å². The summed E-state index contributed by atoms with van der Waals surface area (Å²) in [7, 11) is 1.31. The third-order valence-electron chi connectivity index (χ3n) is 6.01. The zero-order valence-electron chi connectivity index (χ0n) is 23.5. The fourth-order valence-electron chi connectivity index (χ4n) is 3.89. The summed E-state index contributed by atoms with van der Waals surface area (Å²) < 4.78 is 61.4. The second-order valence-corrected chi connectivity index (χ2v) is 9.02. The minimum absolute atomic E-state index is 0.00886. The quantitative estimate of drug-likeness (QED) is 0.103. The van der Waals surface area contributed by atoms with Crippen LogP contribution in [0.4, 0.5) is 18.9 Å². The smallest absolute Gasteiger partial charge is 0.416 e. The number of alkyl halides is 3. The minimum atomic E-state index is -4.76. The Bertz CT molecular complexity index is 1660. The summed E-state index contributed by atoms with van der Waals surface area (Å²) in [6.45, 7) is 2.50. The van der Waals surface area contributed by atoms with Crippen molar-refractivity contribution in [1.82, 2.24) is 5.43 Å². The zero-order chi connectivity index (χ0) is 31.7. The van der Waals surface area contributed by atoms with Crippen LogP contribution in [0.15, 0.2) is 90.0 Å². The number of amides is 1. The highest BCUT2D eigenvalue weighted by Gasteiger charge is 2.33. The van der Waals surface area contributed by atoms with E-state index in [4.69, 9.17) is 18.9 Å². The van der Waals surface area contributed by atoms with Gasteiger partial charge in [0.15, 0.2) is 23.0 Å². The molecule has 0 heterocycles. The molecule has 0 bridgehead atoms. The van der Waals surface area contributed by atoms with Gasteiger partial charge in [0, 0.05) is 11.6 Å². The van der Waals surface area contributed by atoms with Gasteiger partial charge in [0.1, 0.15) is 6.61 Å². The van der Waals surface area contributed by atoms with Crippen molar-refractivity contribution in [3.63, 3.8) is 0 Å². The molecule has 1 N–H and O–H groups in total. The Balaban J connectivity index is 1.44. The highest BCUT2D eigenvalue weighted by Crippen LogP contribution is 2.40. The molecule has 0 unspecified atom stereocenters. The van der Waals surface area contributed by atoms with Crippen LogP contribution < -0.4 is 24.4 Å². The van der Waals surface area contributed by atoms with E-state index in [9.17, 15) is 28.1 Å². The van der Waals surface area contributed by atoms with Crippen molar-refractivity contribution in [3.8, 4) is 28.7 Å². The largest absolute Gasteiger partial charge is 0.493 e. The van der Waals surface area contributed by atoms with E-state index in [1.54, 1.807) is 18.2 Å². The Hall–Kier alpha value is -5.59. The molecular weight excluding hydrogens is 583 g/mol. The number of hydrogen-bond acceptors (Lipinski definition) is 8. The Labute approximate surface area is 249 Å². The molecule has 4 rings (SSSR count). The maximum atomic E-state index is 13.0. The normalized spacial score (nSPS) is 11.2. The molecule has 228 valence electrons. The Kier molecular flexibility index (Phi) is 10.0. The van der Waals surface area contributed by atoms with Crippen LogP contribution in [0.25, 0.3) is 0 Å². The summed E-state index contributed by atoms with van der Waals surface area (Å²) in [5, 5.41) is 15.4. The number of carbonyl (C=O) groups excluding carboxylic acids is 1. The summed E-state index contributed by atoms with van der Waals surface area (Å²) in [6.07, 6.45) is -3.44. The van der Waals surface area contributed by atoms with Crippen molar-refractivity contribution < 1.29 is 41.8 Å². The van der Waals surface area contributed by atoms with Gasteiger partial charge in [-0.25, -0.2) is 5.43 Å². The SMILES string of the molecule is CCOc1cc(C(=O)N/N=C/c2ccc(Oc3ccc(C(F)(F)F)cc3[N+](=O)[O-])c(OC)c2)ccc1OCc1ccccc1. The average molecular weight is 610 g/mol. The molecule has 0 saturated carbocycles. The number of nitro groups is 1. The first-order valence-electron chi connectivity index (χ1n) is 13.1. The minimum Gasteiger partial charge on any atom is -0.493 e. The van der Waals surface area contributed by atoms with Gasteiger partial charge in [-0.1, -0.05) is 30.3 Å². The van der Waals surface area contributed by atoms with Crippen molar-refractivity contribution in [2.75, 3.05) is 13.7 Å². The standard InChI is InChI=1S/C31H26F3N3O7/c1-3-42-29-16-22(10-13-26(29)43-19-20-7-5-4-6-8-20)30(38)36-35-18-21-9-12-27(28(15-21)41-2)44-25-14-11-23(31(32,33)34)17-24(25)37(39)40/h4-18H,3,19H2,1-2H3,(H,36,38)/b35-18+. The van der Waals surface area contributed by atoms with Crippen LogP contribution in [0.2, 0.25) is 0 Å². The number of hydrogen-bond donors (Lipinski definition) is 1. The summed E-state index contributed by atoms with van der Waals surface area (Å²) in [6, 6.07) is 20.7. The second kappa shape index (κ2) is 14.1. The summed E-state index contributed by atoms with van der Waals surface area (Å²) in [5.74, 6) is 0.0770. The average Bonchev–Trinajstić information content (AvgIpc) is 3.01. The summed E-state index contributed by atoms with van der Waals surface area (Å²) >= 11 is 0. The first-order chi connectivity index (χ1) is 21.1. The fourth-order valence-corrected chi connectivity index (χ4v) is 3.89. The van der Waals surface area contributed by atoms with Crippen LogP contribution in [-0.2, 0) is 12.8 Å². The highest BCUT2D eigenvalue weighted by molar-refractivity contribution is 5.95. The van der Waals surface area contributed by atoms with Crippen LogP contribution in [-0.4, -0.2) is 30.8 Å². The third kappa shape index (κ3) is 8.03. The molecule has 0 aliphatic rings. The number of halogens is 3. The lowest BCUT2D eigenvalue weighted by Gasteiger charge is -2.13. The number of ether oxygens (including phenoxy) is 4. The van der Waals surface area contributed by atoms with E-state index in [1.165, 1.54) is 31.5 Å². The first-order valence-corrected chi connectivity index (χ1v) is 13.1. The third-order valence-corrected chi connectivity index (χ3v) is 6.01. The second-order valence-electron chi connectivity index (χ2n) is 9.02. The molecule has 0 spiro atoms. The van der Waals surface area contributed by atoms with E-state index in [0.29, 0.717) is 42.4 Å². The van der Waals surface area contributed by atoms with Crippen molar-refractivity contribution in [2.24, 2.45) is 5.10 Å². The van der Waals surface area contributed by atoms with Crippen molar-refractivity contribution in [1.29, 1.82) is 0 Å². The molecular formula is C31H26F3N3O7. The monoisotopic (exact) mass is 609 g/mol. The topological polar surface area (TPSA) is 122 Å². The number of nitrogens with one attached hydrogen (secondary N) is 1. The van der Waals surface area contributed by atoms with Gasteiger partial charge in [-0.15, -0.1) is 0 Å². The Morgan fingerprint density at radius 1 is 0.909 bits per heavy atom. The molecule has 13 heteroatoms. The number of carbonyl (C=O) groups is 1. The molecule has 0 radical (unpaired) electrons. The lowest BCUT2D eigenvalue weighted by atomic mass is 10.1. The van der Waals surface area contributed by atoms with E-state index >= 15 is 0 Å². The lowest BCUT2D eigenvalue weighted by molar-refractivity contribution is -0.385. The van der Waals surface area contributed by atoms with Gasteiger partial charge in [0.05, 0.1) is 30.4 Å². The van der Waals surface area contributed by atoms with Gasteiger partial charge < -0.3 is 18.9 Å². The van der Waals surface area contributed by atoms with Crippen LogP contribution >= 0.6 is 0 Å². The van der Waals surface area contributed by atoms with E-state index < -0.39 is 34.0 Å². The van der Waals surface area contributed by atoms with Gasteiger partial charge in [-0.2, -0.15) is 18.3 Å². The molecule has 1 amide bonds. The summed E-state index contributed by atoms with van der Waals surface area (Å²) in [5.41, 5.74) is 2.08. The predicted molar refractivity (Wildman–Crippen MR) is 155 cm³/mol. The number of rotatable bonds is 12. The number of hydrazone groups is 1. The van der Waals surface area contributed by atoms with E-state index in [-0.39, 0.29) is 17.1 Å². The highest BCUT2D eigenvalue weighted by atomic mass is 19.4. The lowest BCUT2D eigenvalue weighted by Crippen LogP contribution is -2.17. The maximum absolute atomic E-state index is 13.0. The first kappa shape index (κ1) is 31.3. The maximum Gasteiger partial charge on any atom is 0.416 e. The molecule has 4 aromatic rings. The van der Waals surface area contributed by atoms with Gasteiger partial charge in [-0.3, -0.25) is 14.9 Å². The zero-order valence-corrected chi connectivity index (χ0v) is 23.5. The van der Waals surface area contributed by atoms with Crippen molar-refractivity contribution in [2.45, 2.75) is 19.7 Å². The molecule has 4 aromatic carbocycles. The summed E-state index contributed by atoms with van der Waals surface area (Å²) in [4.78, 5) is 23.2. The molecule has 44 heavy (non-hydrogen) atoms. The van der Waals surface area contributed by atoms with Gasteiger partial charge in [0.25, 0.3) is 5.91 Å². The molecule has 0 fully saturated rings. The molecule has 0 atom stereocenters. The Morgan fingerprint density at radius 2 is 1.64 bits per heavy atom. The van der Waals surface area contributed by atoms with Crippen molar-refractivity contribution in [3.05, 3.63) is 117 Å². The van der Waals surface area contributed by atoms with Gasteiger partial charge in [-0.05, 0) is 66.6 Å². The van der Waals surface area contributed by atoms with Crippen molar-refractivity contribution >= 4 is 17.8 Å². The molecule has 0 aliphatic carbocycles. The van der Waals surface area contributed by atoms with Crippen LogP contribution in [0.1, 0.15) is 34.0 Å². The van der Waals surface area contributed by atoms with Crippen LogP contribution in [0.5, 0.6) is 28.7 Å². The molecule has 0 saturated heterocycles. The number of nitrogens with zero attached hydrogens (tertiary/aromatic N) is 2. The number of nitro benzene ring substituents is 1. The predicted octanol–water partition coefficient (Wildman–Crippen LogP) is 7.16. The van der Waals surface area contributed by atoms with E-state index in [0.717, 1.165) is 11.6 Å². The Morgan fingerprint density at radius 3 is 2.32 bits per heavy atom. The molecule has 0 aromatic heterocycles. The van der Waals surface area contributed by atoms with Crippen LogP contribution in [0, 0.1) is 10.1 Å². The fraction of sp³-hybridized carbons (Fsp3) is 0.161. The van der Waals surface area contributed by atoms with E-state index in [2.05, 4.69) is 10.5 Å². The molecule has 10 nitrogen and oxygen atoms in total.